The van der Waals surface area contributed by atoms with Gasteiger partial charge in [0.05, 0.1) is 24.3 Å². The monoisotopic (exact) mass is 381 g/mol. The zero-order chi connectivity index (χ0) is 19.7. The highest BCUT2D eigenvalue weighted by Gasteiger charge is 2.46. The molecule has 0 unspecified atom stereocenters. The van der Waals surface area contributed by atoms with Gasteiger partial charge in [0.2, 0.25) is 5.95 Å². The third-order valence-electron chi connectivity index (χ3n) is 5.66. The molecule has 0 aliphatic carbocycles. The number of benzene rings is 1. The van der Waals surface area contributed by atoms with E-state index in [1.165, 1.54) is 0 Å². The molecule has 1 N–H and O–H groups in total. The number of nitrogens with zero attached hydrogens (tertiary/aromatic N) is 4. The minimum Gasteiger partial charge on any atom is -0.376 e. The van der Waals surface area contributed by atoms with Crippen molar-refractivity contribution in [2.75, 3.05) is 38.7 Å². The lowest BCUT2D eigenvalue weighted by molar-refractivity contribution is 0.0514. The first-order valence-electron chi connectivity index (χ1n) is 9.68. The number of anilines is 1. The molecule has 1 atom stereocenters. The lowest BCUT2D eigenvalue weighted by atomic mass is 9.80. The molecule has 0 radical (unpaired) electrons. The molecule has 2 aliphatic heterocycles. The van der Waals surface area contributed by atoms with Crippen LogP contribution in [0.1, 0.15) is 28.9 Å². The number of hydrogen-bond acceptors (Lipinski definition) is 5. The molecule has 2 aliphatic rings. The van der Waals surface area contributed by atoms with E-state index in [0.717, 1.165) is 28.9 Å². The third-order valence-corrected chi connectivity index (χ3v) is 5.66. The van der Waals surface area contributed by atoms with Gasteiger partial charge >= 0.3 is 6.03 Å². The van der Waals surface area contributed by atoms with Crippen molar-refractivity contribution in [3.05, 3.63) is 52.8 Å². The van der Waals surface area contributed by atoms with Gasteiger partial charge in [0.25, 0.3) is 0 Å². The number of nitrogens with one attached hydrogen (secondary N) is 1. The quantitative estimate of drug-likeness (QED) is 0.883. The van der Waals surface area contributed by atoms with E-state index in [4.69, 9.17) is 9.72 Å². The first-order chi connectivity index (χ1) is 13.5. The molecule has 28 heavy (non-hydrogen) atoms. The zero-order valence-corrected chi connectivity index (χ0v) is 16.7. The molecule has 0 saturated carbocycles. The fraction of sp³-hybridized carbons (Fsp3) is 0.476. The van der Waals surface area contributed by atoms with Crippen LogP contribution >= 0.6 is 0 Å². The van der Waals surface area contributed by atoms with Gasteiger partial charge in [-0.25, -0.2) is 14.8 Å². The Labute approximate surface area is 165 Å². The summed E-state index contributed by atoms with van der Waals surface area (Å²) in [5.74, 6) is 0.713. The number of carbonyl (C=O) groups is 1. The molecule has 7 nitrogen and oxygen atoms in total. The number of aryl methyl sites for hydroxylation is 1. The van der Waals surface area contributed by atoms with Crippen molar-refractivity contribution in [1.82, 2.24) is 20.2 Å². The van der Waals surface area contributed by atoms with Crippen molar-refractivity contribution >= 4 is 12.0 Å². The summed E-state index contributed by atoms with van der Waals surface area (Å²) in [6.07, 6.45) is 0.849. The van der Waals surface area contributed by atoms with Gasteiger partial charge in [-0.05, 0) is 18.9 Å². The van der Waals surface area contributed by atoms with Crippen LogP contribution in [0.25, 0.3) is 0 Å². The fourth-order valence-electron chi connectivity index (χ4n) is 4.05. The summed E-state index contributed by atoms with van der Waals surface area (Å²) in [6, 6.07) is 9.92. The molecule has 1 spiro atoms. The molecule has 1 aromatic heterocycles. The molecule has 0 bridgehead atoms. The second-order valence-electron chi connectivity index (χ2n) is 7.92. The highest BCUT2D eigenvalue weighted by atomic mass is 16.5. The van der Waals surface area contributed by atoms with Gasteiger partial charge in [0.15, 0.2) is 0 Å². The molecule has 2 aromatic rings. The average molecular weight is 381 g/mol. The SMILES string of the molecule is Cc1nc(N(C)C)nc2c1COC[C@]21CCN(C(=O)NCc2ccccc2)C1. The number of likely N-dealkylation sites (tertiary alicyclic amines) is 1. The molecule has 4 rings (SSSR count). The van der Waals surface area contributed by atoms with Crippen molar-refractivity contribution in [1.29, 1.82) is 0 Å². The molecular formula is C21H27N5O2. The number of ether oxygens (including phenoxy) is 1. The largest absolute Gasteiger partial charge is 0.376 e. The van der Waals surface area contributed by atoms with Gasteiger partial charge in [-0.3, -0.25) is 0 Å². The normalized spacial score (nSPS) is 20.9. The summed E-state index contributed by atoms with van der Waals surface area (Å²) in [7, 11) is 3.90. The second kappa shape index (κ2) is 7.39. The van der Waals surface area contributed by atoms with Crippen LogP contribution in [-0.2, 0) is 23.3 Å². The Morgan fingerprint density at radius 1 is 1.29 bits per heavy atom. The summed E-state index contributed by atoms with van der Waals surface area (Å²) in [6.45, 7) is 4.98. The molecule has 1 fully saturated rings. The number of rotatable bonds is 3. The molecule has 7 heteroatoms. The number of fused-ring (bicyclic) bond motifs is 2. The van der Waals surface area contributed by atoms with Crippen LogP contribution in [0.3, 0.4) is 0 Å². The summed E-state index contributed by atoms with van der Waals surface area (Å²) in [5, 5.41) is 3.03. The standard InChI is InChI=1S/C21H27N5O2/c1-15-17-12-28-14-21(18(17)24-19(23-15)25(2)3)9-10-26(13-21)20(27)22-11-16-7-5-4-6-8-16/h4-8H,9-14H2,1-3H3,(H,22,27)/t21-/m1/s1. The first-order valence-corrected chi connectivity index (χ1v) is 9.68. The van der Waals surface area contributed by atoms with Gasteiger partial charge in [0.1, 0.15) is 0 Å². The van der Waals surface area contributed by atoms with Crippen molar-refractivity contribution < 1.29 is 9.53 Å². The van der Waals surface area contributed by atoms with Gasteiger partial charge < -0.3 is 19.9 Å². The molecule has 2 amide bonds. The van der Waals surface area contributed by atoms with E-state index in [1.807, 2.05) is 61.2 Å². The minimum absolute atomic E-state index is 0.0357. The van der Waals surface area contributed by atoms with Crippen LogP contribution in [-0.4, -0.2) is 54.7 Å². The summed E-state index contributed by atoms with van der Waals surface area (Å²) in [4.78, 5) is 26.0. The first kappa shape index (κ1) is 18.7. The van der Waals surface area contributed by atoms with Crippen LogP contribution < -0.4 is 10.2 Å². The van der Waals surface area contributed by atoms with E-state index < -0.39 is 0 Å². The number of aromatic nitrogens is 2. The van der Waals surface area contributed by atoms with Crippen molar-refractivity contribution in [3.63, 3.8) is 0 Å². The van der Waals surface area contributed by atoms with E-state index >= 15 is 0 Å². The number of urea groups is 1. The van der Waals surface area contributed by atoms with Crippen LogP contribution in [0, 0.1) is 6.92 Å². The van der Waals surface area contributed by atoms with Gasteiger partial charge in [-0.2, -0.15) is 0 Å². The Morgan fingerprint density at radius 2 is 2.07 bits per heavy atom. The van der Waals surface area contributed by atoms with Crippen LogP contribution in [0.2, 0.25) is 0 Å². The van der Waals surface area contributed by atoms with E-state index in [1.54, 1.807) is 0 Å². The van der Waals surface area contributed by atoms with E-state index in [0.29, 0.717) is 38.8 Å². The van der Waals surface area contributed by atoms with Crippen molar-refractivity contribution in [3.8, 4) is 0 Å². The van der Waals surface area contributed by atoms with E-state index in [9.17, 15) is 4.79 Å². The lowest BCUT2D eigenvalue weighted by Gasteiger charge is -2.35. The predicted molar refractivity (Wildman–Crippen MR) is 107 cm³/mol. The summed E-state index contributed by atoms with van der Waals surface area (Å²) < 4.78 is 5.92. The van der Waals surface area contributed by atoms with Crippen LogP contribution in [0.4, 0.5) is 10.7 Å². The smallest absolute Gasteiger partial charge is 0.317 e. The Bertz CT molecular complexity index is 871. The second-order valence-corrected chi connectivity index (χ2v) is 7.92. The van der Waals surface area contributed by atoms with Crippen LogP contribution in [0.15, 0.2) is 30.3 Å². The molecule has 148 valence electrons. The number of amides is 2. The average Bonchev–Trinajstić information content (AvgIpc) is 3.12. The highest BCUT2D eigenvalue weighted by Crippen LogP contribution is 2.40. The third kappa shape index (κ3) is 3.42. The topological polar surface area (TPSA) is 70.6 Å². The summed E-state index contributed by atoms with van der Waals surface area (Å²) in [5.41, 5.74) is 3.92. The fourth-order valence-corrected chi connectivity index (χ4v) is 4.05. The van der Waals surface area contributed by atoms with E-state index in [2.05, 4.69) is 10.3 Å². The van der Waals surface area contributed by atoms with Crippen molar-refractivity contribution in [2.24, 2.45) is 0 Å². The highest BCUT2D eigenvalue weighted by molar-refractivity contribution is 5.75. The number of carbonyl (C=O) groups excluding carboxylic acids is 1. The molecular weight excluding hydrogens is 354 g/mol. The predicted octanol–water partition coefficient (Wildman–Crippen LogP) is 2.23. The Hall–Kier alpha value is -2.67. The van der Waals surface area contributed by atoms with Gasteiger partial charge in [-0.15, -0.1) is 0 Å². The Kier molecular flexibility index (Phi) is 4.93. The maximum absolute atomic E-state index is 12.7. The molecule has 3 heterocycles. The summed E-state index contributed by atoms with van der Waals surface area (Å²) >= 11 is 0. The zero-order valence-electron chi connectivity index (χ0n) is 16.7. The maximum Gasteiger partial charge on any atom is 0.317 e. The van der Waals surface area contributed by atoms with Crippen LogP contribution in [0.5, 0.6) is 0 Å². The Balaban J connectivity index is 1.52. The number of hydrogen-bond donors (Lipinski definition) is 1. The van der Waals surface area contributed by atoms with Gasteiger partial charge in [-0.1, -0.05) is 30.3 Å². The van der Waals surface area contributed by atoms with Crippen molar-refractivity contribution in [2.45, 2.75) is 31.9 Å². The molecule has 1 saturated heterocycles. The van der Waals surface area contributed by atoms with E-state index in [-0.39, 0.29) is 11.4 Å². The maximum atomic E-state index is 12.7. The minimum atomic E-state index is -0.254. The molecule has 1 aromatic carbocycles. The lowest BCUT2D eigenvalue weighted by Crippen LogP contribution is -2.44. The Morgan fingerprint density at radius 3 is 2.82 bits per heavy atom. The van der Waals surface area contributed by atoms with Gasteiger partial charge in [0, 0.05) is 45.0 Å².